The number of ether oxygens (including phenoxy) is 1. The lowest BCUT2D eigenvalue weighted by Gasteiger charge is -2.04. The molecule has 0 fully saturated rings. The summed E-state index contributed by atoms with van der Waals surface area (Å²) < 4.78 is 6.08. The van der Waals surface area contributed by atoms with Gasteiger partial charge in [-0.15, -0.1) is 0 Å². The minimum Gasteiger partial charge on any atom is -0.416 e. The Kier molecular flexibility index (Phi) is 6.87. The molecule has 0 spiro atoms. The number of hydrogen-bond acceptors (Lipinski definition) is 5. The van der Waals surface area contributed by atoms with E-state index in [2.05, 4.69) is 20.9 Å². The predicted octanol–water partition coefficient (Wildman–Crippen LogP) is 6.04. The van der Waals surface area contributed by atoms with Crippen molar-refractivity contribution in [2.75, 3.05) is 0 Å². The van der Waals surface area contributed by atoms with E-state index in [-0.39, 0.29) is 11.4 Å². The summed E-state index contributed by atoms with van der Waals surface area (Å²) in [7, 11) is 0. The number of esters is 1. The third kappa shape index (κ3) is 5.96. The van der Waals surface area contributed by atoms with Crippen LogP contribution in [-0.2, 0) is 4.79 Å². The second-order valence-corrected chi connectivity index (χ2v) is 7.30. The molecule has 3 rings (SSSR count). The van der Waals surface area contributed by atoms with Crippen molar-refractivity contribution in [3.8, 4) is 5.75 Å². The van der Waals surface area contributed by atoms with Gasteiger partial charge in [-0.2, -0.15) is 0 Å². The summed E-state index contributed by atoms with van der Waals surface area (Å²) >= 11 is 3.34. The van der Waals surface area contributed by atoms with Crippen molar-refractivity contribution in [3.63, 3.8) is 0 Å². The normalized spacial score (nSPS) is 11.1. The van der Waals surface area contributed by atoms with E-state index in [1.165, 1.54) is 24.4 Å². The molecule has 7 heteroatoms. The van der Waals surface area contributed by atoms with Crippen LogP contribution in [0.3, 0.4) is 0 Å². The van der Waals surface area contributed by atoms with Crippen LogP contribution >= 0.6 is 15.9 Å². The van der Waals surface area contributed by atoms with Crippen LogP contribution in [0.5, 0.6) is 5.75 Å². The summed E-state index contributed by atoms with van der Waals surface area (Å²) in [6.45, 7) is 1.98. The first-order valence-corrected chi connectivity index (χ1v) is 9.75. The molecule has 0 unspecified atom stereocenters. The highest BCUT2D eigenvalue weighted by molar-refractivity contribution is 9.10. The molecular weight excluding hydrogens is 448 g/mol. The quantitative estimate of drug-likeness (QED) is 0.111. The van der Waals surface area contributed by atoms with Gasteiger partial charge < -0.3 is 4.74 Å². The van der Waals surface area contributed by atoms with Crippen molar-refractivity contribution in [1.82, 2.24) is 0 Å². The van der Waals surface area contributed by atoms with E-state index in [0.29, 0.717) is 5.56 Å². The van der Waals surface area contributed by atoms with E-state index in [4.69, 9.17) is 4.74 Å². The summed E-state index contributed by atoms with van der Waals surface area (Å²) in [5.41, 5.74) is 2.86. The van der Waals surface area contributed by atoms with Gasteiger partial charge in [0.1, 0.15) is 0 Å². The molecule has 0 amide bonds. The van der Waals surface area contributed by atoms with Gasteiger partial charge in [0, 0.05) is 22.8 Å². The van der Waals surface area contributed by atoms with Crippen molar-refractivity contribution in [3.05, 3.63) is 104 Å². The fraction of sp³-hybridized carbons (Fsp3) is 0.0435. The topological polar surface area (TPSA) is 81.8 Å². The highest BCUT2D eigenvalue weighted by atomic mass is 79.9. The monoisotopic (exact) mass is 464 g/mol. The third-order valence-corrected chi connectivity index (χ3v) is 4.60. The number of nitro benzene ring substituents is 1. The van der Waals surface area contributed by atoms with Crippen molar-refractivity contribution in [1.29, 1.82) is 0 Å². The summed E-state index contributed by atoms with van der Waals surface area (Å²) in [5.74, 6) is -0.833. The van der Waals surface area contributed by atoms with E-state index in [1.54, 1.807) is 12.1 Å². The Bertz CT molecular complexity index is 1120. The summed E-state index contributed by atoms with van der Waals surface area (Å²) in [5, 5.41) is 11.4. The lowest BCUT2D eigenvalue weighted by molar-refractivity contribution is -0.385. The first-order chi connectivity index (χ1) is 14.4. The van der Waals surface area contributed by atoms with Gasteiger partial charge in [-0.25, -0.2) is 4.79 Å². The Hall–Kier alpha value is -3.58. The van der Waals surface area contributed by atoms with Crippen LogP contribution in [-0.4, -0.2) is 17.1 Å². The SMILES string of the molecule is Cc1ccc(N=Cc2ccc(OC(=O)C=Cc3ccc(Br)cc3)c([N+](=O)[O-])c2)cc1. The molecule has 0 bridgehead atoms. The summed E-state index contributed by atoms with van der Waals surface area (Å²) in [4.78, 5) is 27.2. The summed E-state index contributed by atoms with van der Waals surface area (Å²) in [6.07, 6.45) is 4.32. The molecule has 0 atom stereocenters. The van der Waals surface area contributed by atoms with Crippen LogP contribution in [0.2, 0.25) is 0 Å². The van der Waals surface area contributed by atoms with E-state index in [9.17, 15) is 14.9 Å². The standard InChI is InChI=1S/C23H17BrN2O4/c1-16-2-10-20(11-3-16)25-15-18-6-12-22(21(14-18)26(28)29)30-23(27)13-7-17-4-8-19(24)9-5-17/h2-15H,1H3. The Labute approximate surface area is 181 Å². The highest BCUT2D eigenvalue weighted by Gasteiger charge is 2.17. The zero-order chi connectivity index (χ0) is 21.5. The van der Waals surface area contributed by atoms with Crippen LogP contribution < -0.4 is 4.74 Å². The number of nitrogens with zero attached hydrogens (tertiary/aromatic N) is 2. The number of hydrogen-bond donors (Lipinski definition) is 0. The molecule has 3 aromatic rings. The smallest absolute Gasteiger partial charge is 0.336 e. The van der Waals surface area contributed by atoms with Crippen molar-refractivity contribution in [2.45, 2.75) is 6.92 Å². The Balaban J connectivity index is 1.74. The molecule has 0 aliphatic carbocycles. The second-order valence-electron chi connectivity index (χ2n) is 6.38. The molecule has 0 N–H and O–H groups in total. The minimum absolute atomic E-state index is 0.127. The molecule has 0 aliphatic heterocycles. The van der Waals surface area contributed by atoms with Gasteiger partial charge in [0.25, 0.3) is 0 Å². The van der Waals surface area contributed by atoms with Crippen LogP contribution in [0, 0.1) is 17.0 Å². The maximum atomic E-state index is 12.1. The molecular formula is C23H17BrN2O4. The van der Waals surface area contributed by atoms with Gasteiger partial charge >= 0.3 is 11.7 Å². The van der Waals surface area contributed by atoms with E-state index >= 15 is 0 Å². The summed E-state index contributed by atoms with van der Waals surface area (Å²) in [6, 6.07) is 19.2. The van der Waals surface area contributed by atoms with Gasteiger partial charge in [0.2, 0.25) is 5.75 Å². The Morgan fingerprint density at radius 2 is 1.70 bits per heavy atom. The van der Waals surface area contributed by atoms with Gasteiger partial charge in [-0.05, 0) is 60.5 Å². The molecule has 0 saturated heterocycles. The number of benzene rings is 3. The maximum Gasteiger partial charge on any atom is 0.336 e. The number of carbonyl (C=O) groups is 1. The third-order valence-electron chi connectivity index (χ3n) is 4.07. The molecule has 0 radical (unpaired) electrons. The van der Waals surface area contributed by atoms with Crippen LogP contribution in [0.15, 0.2) is 82.3 Å². The zero-order valence-corrected chi connectivity index (χ0v) is 17.6. The van der Waals surface area contributed by atoms with Gasteiger partial charge in [0.05, 0.1) is 10.6 Å². The van der Waals surface area contributed by atoms with E-state index in [1.807, 2.05) is 55.5 Å². The van der Waals surface area contributed by atoms with Gasteiger partial charge in [0.15, 0.2) is 0 Å². The molecule has 3 aromatic carbocycles. The number of aliphatic imine (C=N–C) groups is 1. The van der Waals surface area contributed by atoms with Crippen LogP contribution in [0.1, 0.15) is 16.7 Å². The van der Waals surface area contributed by atoms with Crippen molar-refractivity contribution >= 4 is 45.6 Å². The number of rotatable bonds is 6. The van der Waals surface area contributed by atoms with Crippen molar-refractivity contribution in [2.24, 2.45) is 4.99 Å². The second kappa shape index (κ2) is 9.76. The van der Waals surface area contributed by atoms with E-state index < -0.39 is 10.9 Å². The lowest BCUT2D eigenvalue weighted by Crippen LogP contribution is -2.06. The minimum atomic E-state index is -0.706. The molecule has 0 aliphatic rings. The Morgan fingerprint density at radius 1 is 1.03 bits per heavy atom. The number of carbonyl (C=O) groups excluding carboxylic acids is 1. The largest absolute Gasteiger partial charge is 0.416 e. The Morgan fingerprint density at radius 3 is 2.37 bits per heavy atom. The number of halogens is 1. The number of nitro groups is 1. The maximum absolute atomic E-state index is 12.1. The molecule has 30 heavy (non-hydrogen) atoms. The zero-order valence-electron chi connectivity index (χ0n) is 16.0. The predicted molar refractivity (Wildman–Crippen MR) is 120 cm³/mol. The average Bonchev–Trinajstić information content (AvgIpc) is 2.73. The molecule has 0 heterocycles. The first kappa shape index (κ1) is 21.1. The lowest BCUT2D eigenvalue weighted by atomic mass is 10.2. The first-order valence-electron chi connectivity index (χ1n) is 8.95. The number of aryl methyl sites for hydroxylation is 1. The van der Waals surface area contributed by atoms with Crippen molar-refractivity contribution < 1.29 is 14.5 Å². The van der Waals surface area contributed by atoms with Crippen LogP contribution in [0.4, 0.5) is 11.4 Å². The fourth-order valence-electron chi connectivity index (χ4n) is 2.50. The van der Waals surface area contributed by atoms with Crippen LogP contribution in [0.25, 0.3) is 6.08 Å². The molecule has 0 saturated carbocycles. The molecule has 150 valence electrons. The van der Waals surface area contributed by atoms with E-state index in [0.717, 1.165) is 21.3 Å². The fourth-order valence-corrected chi connectivity index (χ4v) is 2.77. The highest BCUT2D eigenvalue weighted by Crippen LogP contribution is 2.28. The molecule has 6 nitrogen and oxygen atoms in total. The van der Waals surface area contributed by atoms with Gasteiger partial charge in [-0.1, -0.05) is 45.8 Å². The van der Waals surface area contributed by atoms with Gasteiger partial charge in [-0.3, -0.25) is 15.1 Å². The average molecular weight is 465 g/mol. The molecule has 0 aromatic heterocycles.